The normalized spacial score (nSPS) is 15.5. The van der Waals surface area contributed by atoms with Crippen molar-refractivity contribution < 1.29 is 14.4 Å². The summed E-state index contributed by atoms with van der Waals surface area (Å²) in [5.74, 6) is -0.486. The van der Waals surface area contributed by atoms with Gasteiger partial charge in [0.2, 0.25) is 5.91 Å². The van der Waals surface area contributed by atoms with Crippen molar-refractivity contribution in [3.63, 3.8) is 0 Å². The molecule has 4 rings (SSSR count). The molecule has 0 atom stereocenters. The molecule has 1 aliphatic carbocycles. The van der Waals surface area contributed by atoms with Crippen LogP contribution < -0.4 is 20.9 Å². The Labute approximate surface area is 175 Å². The zero-order chi connectivity index (χ0) is 20.9. The predicted molar refractivity (Wildman–Crippen MR) is 116 cm³/mol. The number of benzene rings is 2. The molecule has 30 heavy (non-hydrogen) atoms. The number of urea groups is 1. The standard InChI is InChI=1S/C23H26N4O3/c28-21(26-23(30)25-18-8-2-3-9-18)15-24-19-10-5-7-17(14-19)22(29)27-13-12-16-6-1-4-11-20(16)27/h1,4-7,10-11,14,18,24H,2-3,8-9,12-13,15H2,(H2,25,26,28,30). The minimum Gasteiger partial charge on any atom is -0.376 e. The zero-order valence-corrected chi connectivity index (χ0v) is 16.8. The van der Waals surface area contributed by atoms with Gasteiger partial charge in [0.05, 0.1) is 6.54 Å². The van der Waals surface area contributed by atoms with E-state index in [1.165, 1.54) is 5.56 Å². The third-order valence-corrected chi connectivity index (χ3v) is 5.64. The maximum Gasteiger partial charge on any atom is 0.321 e. The number of hydrogen-bond donors (Lipinski definition) is 3. The first-order chi connectivity index (χ1) is 14.6. The summed E-state index contributed by atoms with van der Waals surface area (Å²) in [5, 5.41) is 8.15. The molecule has 0 unspecified atom stereocenters. The molecule has 2 aliphatic rings. The first kappa shape index (κ1) is 19.9. The molecule has 1 aliphatic heterocycles. The maximum atomic E-state index is 13.0. The number of hydrogen-bond acceptors (Lipinski definition) is 4. The van der Waals surface area contributed by atoms with Crippen molar-refractivity contribution in [1.82, 2.24) is 10.6 Å². The first-order valence-electron chi connectivity index (χ1n) is 10.4. The molecule has 3 N–H and O–H groups in total. The van der Waals surface area contributed by atoms with E-state index in [0.29, 0.717) is 17.8 Å². The summed E-state index contributed by atoms with van der Waals surface area (Å²) in [7, 11) is 0. The molecule has 7 nitrogen and oxygen atoms in total. The Kier molecular flexibility index (Phi) is 5.97. The molecule has 2 aromatic carbocycles. The van der Waals surface area contributed by atoms with Gasteiger partial charge < -0.3 is 15.5 Å². The lowest BCUT2D eigenvalue weighted by molar-refractivity contribution is -0.118. The average molecular weight is 406 g/mol. The molecule has 4 amide bonds. The molecule has 0 spiro atoms. The number of fused-ring (bicyclic) bond motifs is 1. The average Bonchev–Trinajstić information content (AvgIpc) is 3.41. The van der Waals surface area contributed by atoms with E-state index < -0.39 is 11.9 Å². The number of nitrogens with one attached hydrogen (secondary N) is 3. The van der Waals surface area contributed by atoms with Crippen LogP contribution in [-0.4, -0.2) is 37.0 Å². The van der Waals surface area contributed by atoms with Crippen LogP contribution in [0.3, 0.4) is 0 Å². The van der Waals surface area contributed by atoms with Crippen LogP contribution in [0.2, 0.25) is 0 Å². The van der Waals surface area contributed by atoms with Gasteiger partial charge in [0.15, 0.2) is 0 Å². The van der Waals surface area contributed by atoms with Crippen molar-refractivity contribution in [2.24, 2.45) is 0 Å². The molecule has 1 heterocycles. The van der Waals surface area contributed by atoms with Crippen molar-refractivity contribution in [3.8, 4) is 0 Å². The summed E-state index contributed by atoms with van der Waals surface area (Å²) in [5.41, 5.74) is 3.33. The van der Waals surface area contributed by atoms with Gasteiger partial charge in [-0.05, 0) is 49.1 Å². The Hall–Kier alpha value is -3.35. The van der Waals surface area contributed by atoms with E-state index in [1.54, 1.807) is 29.2 Å². The van der Waals surface area contributed by atoms with Gasteiger partial charge in [0.25, 0.3) is 5.91 Å². The molecule has 0 radical (unpaired) electrons. The fourth-order valence-corrected chi connectivity index (χ4v) is 4.11. The highest BCUT2D eigenvalue weighted by atomic mass is 16.2. The largest absolute Gasteiger partial charge is 0.376 e. The van der Waals surface area contributed by atoms with E-state index in [4.69, 9.17) is 0 Å². The third-order valence-electron chi connectivity index (χ3n) is 5.64. The summed E-state index contributed by atoms with van der Waals surface area (Å²) in [6.45, 7) is 0.608. The lowest BCUT2D eigenvalue weighted by Crippen LogP contribution is -2.45. The van der Waals surface area contributed by atoms with Crippen molar-refractivity contribution in [1.29, 1.82) is 0 Å². The zero-order valence-electron chi connectivity index (χ0n) is 16.8. The Morgan fingerprint density at radius 2 is 1.80 bits per heavy atom. The monoisotopic (exact) mass is 406 g/mol. The molecular weight excluding hydrogens is 380 g/mol. The minimum atomic E-state index is -0.453. The van der Waals surface area contributed by atoms with Crippen LogP contribution in [0.4, 0.5) is 16.2 Å². The lowest BCUT2D eigenvalue weighted by Gasteiger charge is -2.18. The highest BCUT2D eigenvalue weighted by Gasteiger charge is 2.25. The third kappa shape index (κ3) is 4.62. The van der Waals surface area contributed by atoms with Gasteiger partial charge in [0, 0.05) is 29.5 Å². The highest BCUT2D eigenvalue weighted by molar-refractivity contribution is 6.07. The van der Waals surface area contributed by atoms with Crippen LogP contribution >= 0.6 is 0 Å². The smallest absolute Gasteiger partial charge is 0.321 e. The van der Waals surface area contributed by atoms with Gasteiger partial charge >= 0.3 is 6.03 Å². The number of nitrogens with zero attached hydrogens (tertiary/aromatic N) is 1. The second-order valence-corrected chi connectivity index (χ2v) is 7.77. The van der Waals surface area contributed by atoms with Crippen LogP contribution in [-0.2, 0) is 11.2 Å². The lowest BCUT2D eigenvalue weighted by atomic mass is 10.1. The van der Waals surface area contributed by atoms with Crippen LogP contribution in [0.25, 0.3) is 0 Å². The van der Waals surface area contributed by atoms with Crippen LogP contribution in [0.15, 0.2) is 48.5 Å². The van der Waals surface area contributed by atoms with Gasteiger partial charge in [-0.1, -0.05) is 37.1 Å². The molecule has 7 heteroatoms. The summed E-state index contributed by atoms with van der Waals surface area (Å²) < 4.78 is 0. The van der Waals surface area contributed by atoms with E-state index >= 15 is 0 Å². The topological polar surface area (TPSA) is 90.5 Å². The fraction of sp³-hybridized carbons (Fsp3) is 0.348. The molecule has 0 saturated heterocycles. The van der Waals surface area contributed by atoms with Crippen LogP contribution in [0.1, 0.15) is 41.6 Å². The van der Waals surface area contributed by atoms with Crippen molar-refractivity contribution in [3.05, 3.63) is 59.7 Å². The summed E-state index contributed by atoms with van der Waals surface area (Å²) >= 11 is 0. The number of rotatable bonds is 5. The SMILES string of the molecule is O=C(CNc1cccc(C(=O)N2CCc3ccccc32)c1)NC(=O)NC1CCCC1. The Balaban J connectivity index is 1.32. The number of amides is 4. The Bertz CT molecular complexity index is 953. The van der Waals surface area contributed by atoms with Gasteiger partial charge in [-0.2, -0.15) is 0 Å². The number of carbonyl (C=O) groups is 3. The molecule has 0 aromatic heterocycles. The quantitative estimate of drug-likeness (QED) is 0.712. The molecular formula is C23H26N4O3. The van der Waals surface area contributed by atoms with Crippen molar-refractivity contribution in [2.45, 2.75) is 38.1 Å². The molecule has 156 valence electrons. The number of para-hydroxylation sites is 1. The van der Waals surface area contributed by atoms with Crippen LogP contribution in [0, 0.1) is 0 Å². The summed E-state index contributed by atoms with van der Waals surface area (Å²) in [6, 6.07) is 14.7. The molecule has 1 fully saturated rings. The Morgan fingerprint density at radius 1 is 1.00 bits per heavy atom. The van der Waals surface area contributed by atoms with Crippen molar-refractivity contribution in [2.75, 3.05) is 23.3 Å². The predicted octanol–water partition coefficient (Wildman–Crippen LogP) is 3.07. The van der Waals surface area contributed by atoms with Gasteiger partial charge in [-0.25, -0.2) is 4.79 Å². The van der Waals surface area contributed by atoms with Crippen LogP contribution in [0.5, 0.6) is 0 Å². The van der Waals surface area contributed by atoms with Gasteiger partial charge in [0.1, 0.15) is 0 Å². The van der Waals surface area contributed by atoms with E-state index in [0.717, 1.165) is 37.8 Å². The number of anilines is 2. The number of carbonyl (C=O) groups excluding carboxylic acids is 3. The maximum absolute atomic E-state index is 13.0. The van der Waals surface area contributed by atoms with Gasteiger partial charge in [-0.3, -0.25) is 14.9 Å². The molecule has 0 bridgehead atoms. The first-order valence-corrected chi connectivity index (χ1v) is 10.4. The molecule has 2 aromatic rings. The van der Waals surface area contributed by atoms with E-state index in [-0.39, 0.29) is 18.5 Å². The van der Waals surface area contributed by atoms with E-state index in [9.17, 15) is 14.4 Å². The minimum absolute atomic E-state index is 0.0533. The summed E-state index contributed by atoms with van der Waals surface area (Å²) in [4.78, 5) is 38.7. The fourth-order valence-electron chi connectivity index (χ4n) is 4.11. The highest BCUT2D eigenvalue weighted by Crippen LogP contribution is 2.29. The Morgan fingerprint density at radius 3 is 2.63 bits per heavy atom. The summed E-state index contributed by atoms with van der Waals surface area (Å²) in [6.07, 6.45) is 4.99. The number of imide groups is 1. The van der Waals surface area contributed by atoms with E-state index in [2.05, 4.69) is 16.0 Å². The molecule has 1 saturated carbocycles. The second kappa shape index (κ2) is 8.98. The second-order valence-electron chi connectivity index (χ2n) is 7.77. The van der Waals surface area contributed by atoms with E-state index in [1.807, 2.05) is 24.3 Å². The van der Waals surface area contributed by atoms with Crippen molar-refractivity contribution >= 4 is 29.2 Å². The van der Waals surface area contributed by atoms with Gasteiger partial charge in [-0.15, -0.1) is 0 Å².